The molecule has 0 saturated carbocycles. The molecular weight excluding hydrogens is 914 g/mol. The molecule has 0 bridgehead atoms. The van der Waals surface area contributed by atoms with Crippen molar-refractivity contribution in [2.24, 2.45) is 4.99 Å². The van der Waals surface area contributed by atoms with E-state index < -0.39 is 12.0 Å². The van der Waals surface area contributed by atoms with Gasteiger partial charge in [0.1, 0.15) is 12.4 Å². The van der Waals surface area contributed by atoms with Gasteiger partial charge in [-0.15, -0.1) is 0 Å². The number of ether oxygens (including phenoxy) is 2. The van der Waals surface area contributed by atoms with Crippen LogP contribution in [0.4, 0.5) is 0 Å². The molecule has 0 amide bonds. The van der Waals surface area contributed by atoms with Gasteiger partial charge >= 0.3 is 5.97 Å². The van der Waals surface area contributed by atoms with E-state index in [9.17, 15) is 9.59 Å². The molecule has 48 heavy (non-hydrogen) atoms. The van der Waals surface area contributed by atoms with Crippen LogP contribution < -0.4 is 19.6 Å². The maximum atomic E-state index is 14.5. The van der Waals surface area contributed by atoms with Gasteiger partial charge in [-0.25, -0.2) is 9.79 Å². The van der Waals surface area contributed by atoms with Gasteiger partial charge in [0, 0.05) is 19.2 Å². The first-order chi connectivity index (χ1) is 23.1. The van der Waals surface area contributed by atoms with Gasteiger partial charge in [-0.3, -0.25) is 9.36 Å². The number of benzene rings is 4. The highest BCUT2D eigenvalue weighted by Crippen LogP contribution is 2.36. The second kappa shape index (κ2) is 15.2. The minimum absolute atomic E-state index is 0.197. The maximum Gasteiger partial charge on any atom is 0.338 e. The van der Waals surface area contributed by atoms with Crippen molar-refractivity contribution in [2.45, 2.75) is 39.3 Å². The standard InChI is InChI=1S/C38H31BrI2N2O4S/c1-4-46-37(45)32-33(25-8-6-5-7-9-25)42-38-43(34(32)26-14-12-24(13-15-26)22(2)3)36(44)31(48-38)19-27-18-29(40)20-30(41)35(27)47-21-23-10-16-28(39)17-11-23/h5-20,22,34H,4,21H2,1-3H3/b31-19-/t34-/m1/s1. The zero-order valence-electron chi connectivity index (χ0n) is 26.4. The summed E-state index contributed by atoms with van der Waals surface area (Å²) in [5.74, 6) is 0.531. The number of carbonyl (C=O) groups is 1. The van der Waals surface area contributed by atoms with Gasteiger partial charge in [0.25, 0.3) is 5.56 Å². The normalized spacial score (nSPS) is 14.6. The Labute approximate surface area is 318 Å². The summed E-state index contributed by atoms with van der Waals surface area (Å²) in [5.41, 5.74) is 5.17. The molecule has 6 rings (SSSR count). The molecule has 0 N–H and O–H groups in total. The Bertz CT molecular complexity index is 2190. The Morgan fingerprint density at radius 2 is 1.73 bits per heavy atom. The summed E-state index contributed by atoms with van der Waals surface area (Å²) in [6, 6.07) is 29.1. The lowest BCUT2D eigenvalue weighted by molar-refractivity contribution is -0.138. The minimum atomic E-state index is -0.733. The molecule has 5 aromatic rings. The van der Waals surface area contributed by atoms with Gasteiger partial charge in [0.15, 0.2) is 4.80 Å². The van der Waals surface area contributed by atoms with Gasteiger partial charge in [0.2, 0.25) is 0 Å². The lowest BCUT2D eigenvalue weighted by Gasteiger charge is -2.26. The van der Waals surface area contributed by atoms with Crippen LogP contribution in [0.2, 0.25) is 0 Å². The number of halogens is 3. The van der Waals surface area contributed by atoms with E-state index in [1.807, 2.05) is 78.9 Å². The Kier molecular flexibility index (Phi) is 11.0. The quantitative estimate of drug-likeness (QED) is 0.110. The van der Waals surface area contributed by atoms with Gasteiger partial charge in [0.05, 0.1) is 32.0 Å². The first-order valence-corrected chi connectivity index (χ1v) is 19.2. The van der Waals surface area contributed by atoms with Crippen molar-refractivity contribution in [3.05, 3.63) is 156 Å². The van der Waals surface area contributed by atoms with Crippen molar-refractivity contribution >= 4 is 90.2 Å². The highest BCUT2D eigenvalue weighted by atomic mass is 127. The number of carbonyl (C=O) groups excluding carboxylic acids is 1. The topological polar surface area (TPSA) is 69.9 Å². The van der Waals surface area contributed by atoms with Crippen molar-refractivity contribution in [3.63, 3.8) is 0 Å². The number of nitrogens with zero attached hydrogens (tertiary/aromatic N) is 2. The zero-order chi connectivity index (χ0) is 33.9. The smallest absolute Gasteiger partial charge is 0.338 e. The molecule has 244 valence electrons. The fourth-order valence-corrected chi connectivity index (χ4v) is 8.84. The van der Waals surface area contributed by atoms with Crippen LogP contribution in [0, 0.1) is 7.14 Å². The SMILES string of the molecule is CCOC(=O)C1=C(c2ccccc2)N=c2s/c(=C\c3cc(I)cc(I)c3OCc3ccc(Br)cc3)c(=O)n2[C@@H]1c1ccc(C(C)C)cc1. The lowest BCUT2D eigenvalue weighted by Crippen LogP contribution is -2.40. The molecule has 0 spiro atoms. The van der Waals surface area contributed by atoms with Crippen molar-refractivity contribution in [2.75, 3.05) is 6.61 Å². The molecule has 0 unspecified atom stereocenters. The van der Waals surface area contributed by atoms with E-state index in [0.29, 0.717) is 38.9 Å². The Morgan fingerprint density at radius 3 is 2.40 bits per heavy atom. The molecule has 4 aromatic carbocycles. The molecule has 0 saturated heterocycles. The van der Waals surface area contributed by atoms with Gasteiger partial charge in [-0.05, 0) is 105 Å². The summed E-state index contributed by atoms with van der Waals surface area (Å²) in [5, 5.41) is 0. The predicted molar refractivity (Wildman–Crippen MR) is 212 cm³/mol. The van der Waals surface area contributed by atoms with Crippen molar-refractivity contribution in [3.8, 4) is 5.75 Å². The monoisotopic (exact) mass is 944 g/mol. The predicted octanol–water partition coefficient (Wildman–Crippen LogP) is 8.61. The van der Waals surface area contributed by atoms with E-state index in [1.165, 1.54) is 16.9 Å². The fraction of sp³-hybridized carbons (Fsp3) is 0.184. The summed E-state index contributed by atoms with van der Waals surface area (Å²) < 4.78 is 17.1. The van der Waals surface area contributed by atoms with E-state index in [2.05, 4.69) is 93.2 Å². The van der Waals surface area contributed by atoms with Crippen LogP contribution in [0.15, 0.2) is 111 Å². The van der Waals surface area contributed by atoms with E-state index in [4.69, 9.17) is 14.5 Å². The average Bonchev–Trinajstić information content (AvgIpc) is 3.38. The number of aromatic nitrogens is 1. The molecule has 1 aromatic heterocycles. The van der Waals surface area contributed by atoms with Gasteiger partial charge < -0.3 is 9.47 Å². The van der Waals surface area contributed by atoms with E-state index in [1.54, 1.807) is 11.5 Å². The number of thiazole rings is 1. The molecule has 1 atom stereocenters. The van der Waals surface area contributed by atoms with Gasteiger partial charge in [-0.2, -0.15) is 0 Å². The molecule has 2 heterocycles. The van der Waals surface area contributed by atoms with Crippen LogP contribution in [0.25, 0.3) is 11.8 Å². The summed E-state index contributed by atoms with van der Waals surface area (Å²) in [6.45, 7) is 6.63. The molecule has 0 aliphatic carbocycles. The summed E-state index contributed by atoms with van der Waals surface area (Å²) in [4.78, 5) is 33.8. The largest absolute Gasteiger partial charge is 0.487 e. The van der Waals surface area contributed by atoms with E-state index in [-0.39, 0.29) is 12.2 Å². The number of rotatable bonds is 9. The van der Waals surface area contributed by atoms with Crippen molar-refractivity contribution < 1.29 is 14.3 Å². The first-order valence-electron chi connectivity index (χ1n) is 15.4. The zero-order valence-corrected chi connectivity index (χ0v) is 33.1. The van der Waals surface area contributed by atoms with Crippen LogP contribution >= 0.6 is 72.4 Å². The number of hydrogen-bond acceptors (Lipinski definition) is 6. The second-order valence-electron chi connectivity index (χ2n) is 11.5. The van der Waals surface area contributed by atoms with Crippen molar-refractivity contribution in [1.29, 1.82) is 0 Å². The third kappa shape index (κ3) is 7.41. The first kappa shape index (κ1) is 34.8. The number of fused-ring (bicyclic) bond motifs is 1. The molecule has 1 aliphatic rings. The summed E-state index contributed by atoms with van der Waals surface area (Å²) in [7, 11) is 0. The van der Waals surface area contributed by atoms with E-state index >= 15 is 0 Å². The average molecular weight is 945 g/mol. The molecular formula is C38H31BrI2N2O4S. The Balaban J connectivity index is 1.55. The van der Waals surface area contributed by atoms with Crippen LogP contribution in [0.5, 0.6) is 5.75 Å². The Morgan fingerprint density at radius 1 is 1.02 bits per heavy atom. The fourth-order valence-electron chi connectivity index (χ4n) is 5.54. The Hall–Kier alpha value is -3.07. The van der Waals surface area contributed by atoms with E-state index in [0.717, 1.165) is 33.9 Å². The molecule has 10 heteroatoms. The van der Waals surface area contributed by atoms with Gasteiger partial charge in [-0.1, -0.05) is 108 Å². The molecule has 1 aliphatic heterocycles. The summed E-state index contributed by atoms with van der Waals surface area (Å²) >= 11 is 9.35. The van der Waals surface area contributed by atoms with Crippen LogP contribution in [0.3, 0.4) is 0 Å². The number of hydrogen-bond donors (Lipinski definition) is 0. The lowest BCUT2D eigenvalue weighted by atomic mass is 9.91. The third-order valence-corrected chi connectivity index (χ3v) is 10.8. The van der Waals surface area contributed by atoms with Crippen molar-refractivity contribution in [1.82, 2.24) is 4.57 Å². The minimum Gasteiger partial charge on any atom is -0.487 e. The number of esters is 1. The molecule has 0 fully saturated rings. The highest BCUT2D eigenvalue weighted by molar-refractivity contribution is 14.1. The molecule has 0 radical (unpaired) electrons. The van der Waals surface area contributed by atoms with Crippen LogP contribution in [-0.4, -0.2) is 17.1 Å². The van der Waals surface area contributed by atoms with Crippen LogP contribution in [0.1, 0.15) is 60.5 Å². The summed E-state index contributed by atoms with van der Waals surface area (Å²) in [6.07, 6.45) is 1.88. The third-order valence-electron chi connectivity index (χ3n) is 7.91. The van der Waals surface area contributed by atoms with Crippen LogP contribution in [-0.2, 0) is 16.1 Å². The molecule has 6 nitrogen and oxygen atoms in total. The highest BCUT2D eigenvalue weighted by Gasteiger charge is 2.35. The maximum absolute atomic E-state index is 14.5. The second-order valence-corrected chi connectivity index (χ2v) is 15.8.